The van der Waals surface area contributed by atoms with Gasteiger partial charge in [-0.1, -0.05) is 58.9 Å². The van der Waals surface area contributed by atoms with Gasteiger partial charge in [0.15, 0.2) is 0 Å². The van der Waals surface area contributed by atoms with Gasteiger partial charge in [-0.15, -0.1) is 11.6 Å². The van der Waals surface area contributed by atoms with E-state index in [0.29, 0.717) is 0 Å². The summed E-state index contributed by atoms with van der Waals surface area (Å²) >= 11 is 6.45. The molecular formula is C17H27Cl. The monoisotopic (exact) mass is 266 g/mol. The Morgan fingerprint density at radius 2 is 1.61 bits per heavy atom. The Kier molecular flexibility index (Phi) is 5.72. The summed E-state index contributed by atoms with van der Waals surface area (Å²) in [5, 5.41) is 0.159. The van der Waals surface area contributed by atoms with Crippen molar-refractivity contribution in [2.24, 2.45) is 5.92 Å². The van der Waals surface area contributed by atoms with Gasteiger partial charge in [-0.05, 0) is 41.7 Å². The molecule has 0 aromatic heterocycles. The molecule has 1 aromatic rings. The van der Waals surface area contributed by atoms with E-state index in [-0.39, 0.29) is 10.8 Å². The molecule has 0 bridgehead atoms. The summed E-state index contributed by atoms with van der Waals surface area (Å²) in [5.74, 6) is 0.726. The second kappa shape index (κ2) is 6.61. The Labute approximate surface area is 118 Å². The molecule has 102 valence electrons. The number of alkyl halides is 1. The molecule has 0 fully saturated rings. The molecule has 0 N–H and O–H groups in total. The van der Waals surface area contributed by atoms with Gasteiger partial charge in [0.25, 0.3) is 0 Å². The molecule has 0 saturated heterocycles. The van der Waals surface area contributed by atoms with Gasteiger partial charge in [-0.2, -0.15) is 0 Å². The van der Waals surface area contributed by atoms with Crippen LogP contribution in [-0.2, 0) is 5.41 Å². The predicted molar refractivity (Wildman–Crippen MR) is 82.4 cm³/mol. The lowest BCUT2D eigenvalue weighted by atomic mass is 9.82. The maximum atomic E-state index is 6.45. The van der Waals surface area contributed by atoms with Crippen LogP contribution in [0.4, 0.5) is 0 Å². The highest BCUT2D eigenvalue weighted by Crippen LogP contribution is 2.31. The first-order chi connectivity index (χ1) is 8.36. The van der Waals surface area contributed by atoms with Crippen molar-refractivity contribution < 1.29 is 0 Å². The van der Waals surface area contributed by atoms with Gasteiger partial charge in [0, 0.05) is 0 Å². The summed E-state index contributed by atoms with van der Waals surface area (Å²) in [6, 6.07) is 8.88. The molecular weight excluding hydrogens is 240 g/mol. The molecule has 1 heteroatoms. The van der Waals surface area contributed by atoms with Gasteiger partial charge in [-0.3, -0.25) is 0 Å². The van der Waals surface area contributed by atoms with Gasteiger partial charge in [0.2, 0.25) is 0 Å². The lowest BCUT2D eigenvalue weighted by Gasteiger charge is -2.24. The first-order valence-electron chi connectivity index (χ1n) is 7.11. The zero-order chi connectivity index (χ0) is 13.8. The Balaban J connectivity index is 2.70. The Bertz CT molecular complexity index is 348. The molecule has 0 heterocycles. The van der Waals surface area contributed by atoms with E-state index in [0.717, 1.165) is 18.8 Å². The van der Waals surface area contributed by atoms with Gasteiger partial charge < -0.3 is 0 Å². The van der Waals surface area contributed by atoms with E-state index < -0.39 is 0 Å². The summed E-state index contributed by atoms with van der Waals surface area (Å²) in [7, 11) is 0. The minimum atomic E-state index is 0.159. The van der Waals surface area contributed by atoms with E-state index >= 15 is 0 Å². The van der Waals surface area contributed by atoms with Crippen LogP contribution in [0.3, 0.4) is 0 Å². The van der Waals surface area contributed by atoms with Gasteiger partial charge >= 0.3 is 0 Å². The molecule has 0 saturated carbocycles. The minimum absolute atomic E-state index is 0.159. The van der Waals surface area contributed by atoms with Gasteiger partial charge in [-0.25, -0.2) is 0 Å². The molecule has 1 rings (SSSR count). The van der Waals surface area contributed by atoms with Crippen LogP contribution in [0.2, 0.25) is 0 Å². The first-order valence-corrected chi connectivity index (χ1v) is 7.55. The molecule has 1 unspecified atom stereocenters. The standard InChI is InChI=1S/C17H27Cl/c1-6-17(4,5)15-10-8-14(9-11-15)16(18)12-7-13(2)3/h8-11,13,16H,6-7,12H2,1-5H3. The van der Waals surface area contributed by atoms with Crippen molar-refractivity contribution in [1.29, 1.82) is 0 Å². The molecule has 0 amide bonds. The van der Waals surface area contributed by atoms with Crippen molar-refractivity contribution in [3.63, 3.8) is 0 Å². The third-order valence-corrected chi connectivity index (χ3v) is 4.41. The number of rotatable bonds is 6. The number of hydrogen-bond acceptors (Lipinski definition) is 0. The zero-order valence-corrected chi connectivity index (χ0v) is 13.2. The Morgan fingerprint density at radius 3 is 2.06 bits per heavy atom. The maximum Gasteiger partial charge on any atom is 0.0585 e. The summed E-state index contributed by atoms with van der Waals surface area (Å²) in [6.07, 6.45) is 3.41. The topological polar surface area (TPSA) is 0 Å². The summed E-state index contributed by atoms with van der Waals surface area (Å²) < 4.78 is 0. The Morgan fingerprint density at radius 1 is 1.06 bits per heavy atom. The Hall–Kier alpha value is -0.490. The molecule has 0 aliphatic heterocycles. The third kappa shape index (κ3) is 4.31. The van der Waals surface area contributed by atoms with E-state index in [9.17, 15) is 0 Å². The minimum Gasteiger partial charge on any atom is -0.118 e. The molecule has 0 spiro atoms. The molecule has 0 nitrogen and oxygen atoms in total. The van der Waals surface area contributed by atoms with Crippen LogP contribution in [0.1, 0.15) is 70.4 Å². The highest BCUT2D eigenvalue weighted by Gasteiger charge is 2.18. The van der Waals surface area contributed by atoms with E-state index in [1.54, 1.807) is 0 Å². The van der Waals surface area contributed by atoms with Crippen LogP contribution in [-0.4, -0.2) is 0 Å². The normalized spacial score (nSPS) is 13.9. The molecule has 0 radical (unpaired) electrons. The van der Waals surface area contributed by atoms with Crippen molar-refractivity contribution in [2.75, 3.05) is 0 Å². The fourth-order valence-electron chi connectivity index (χ4n) is 1.99. The quantitative estimate of drug-likeness (QED) is 0.547. The largest absolute Gasteiger partial charge is 0.118 e. The lowest BCUT2D eigenvalue weighted by molar-refractivity contribution is 0.506. The van der Waals surface area contributed by atoms with E-state index in [4.69, 9.17) is 11.6 Å². The van der Waals surface area contributed by atoms with Gasteiger partial charge in [0.1, 0.15) is 0 Å². The number of halogens is 1. The maximum absolute atomic E-state index is 6.45. The van der Waals surface area contributed by atoms with Crippen molar-refractivity contribution in [3.8, 4) is 0 Å². The lowest BCUT2D eigenvalue weighted by Crippen LogP contribution is -2.15. The second-order valence-corrected chi connectivity index (χ2v) is 6.83. The predicted octanol–water partition coefficient (Wildman–Crippen LogP) is 6.09. The van der Waals surface area contributed by atoms with Crippen molar-refractivity contribution in [1.82, 2.24) is 0 Å². The summed E-state index contributed by atoms with van der Waals surface area (Å²) in [5.41, 5.74) is 2.92. The van der Waals surface area contributed by atoms with Crippen molar-refractivity contribution in [2.45, 2.75) is 64.7 Å². The van der Waals surface area contributed by atoms with E-state index in [1.807, 2.05) is 0 Å². The average molecular weight is 267 g/mol. The molecule has 1 atom stereocenters. The molecule has 0 aliphatic rings. The average Bonchev–Trinajstić information content (AvgIpc) is 2.36. The van der Waals surface area contributed by atoms with Crippen LogP contribution in [0.5, 0.6) is 0 Å². The van der Waals surface area contributed by atoms with E-state index in [2.05, 4.69) is 58.9 Å². The fourth-order valence-corrected chi connectivity index (χ4v) is 2.27. The van der Waals surface area contributed by atoms with Crippen LogP contribution in [0.15, 0.2) is 24.3 Å². The van der Waals surface area contributed by atoms with E-state index in [1.165, 1.54) is 17.5 Å². The van der Waals surface area contributed by atoms with Gasteiger partial charge in [0.05, 0.1) is 5.38 Å². The molecule has 18 heavy (non-hydrogen) atoms. The van der Waals surface area contributed by atoms with Crippen LogP contribution < -0.4 is 0 Å². The summed E-state index contributed by atoms with van der Waals surface area (Å²) in [4.78, 5) is 0. The SMILES string of the molecule is CCC(C)(C)c1ccc(C(Cl)CCC(C)C)cc1. The smallest absolute Gasteiger partial charge is 0.0585 e. The van der Waals surface area contributed by atoms with Crippen LogP contribution in [0.25, 0.3) is 0 Å². The highest BCUT2D eigenvalue weighted by atomic mass is 35.5. The number of benzene rings is 1. The summed E-state index contributed by atoms with van der Waals surface area (Å²) in [6.45, 7) is 11.3. The highest BCUT2D eigenvalue weighted by molar-refractivity contribution is 6.20. The molecule has 0 aliphatic carbocycles. The van der Waals surface area contributed by atoms with Crippen molar-refractivity contribution in [3.05, 3.63) is 35.4 Å². The third-order valence-electron chi connectivity index (χ3n) is 3.94. The second-order valence-electron chi connectivity index (χ2n) is 6.30. The van der Waals surface area contributed by atoms with Crippen molar-refractivity contribution >= 4 is 11.6 Å². The first kappa shape index (κ1) is 15.6. The van der Waals surface area contributed by atoms with Crippen LogP contribution >= 0.6 is 11.6 Å². The zero-order valence-electron chi connectivity index (χ0n) is 12.5. The fraction of sp³-hybridized carbons (Fsp3) is 0.647. The van der Waals surface area contributed by atoms with Crippen LogP contribution in [0, 0.1) is 5.92 Å². The number of hydrogen-bond donors (Lipinski definition) is 0. The molecule has 1 aromatic carbocycles.